The van der Waals surface area contributed by atoms with Gasteiger partial charge in [0, 0.05) is 0 Å². The fourth-order valence-corrected chi connectivity index (χ4v) is 9.22. The first kappa shape index (κ1) is 19.0. The molecule has 5 rings (SSSR count). The first-order valence-electron chi connectivity index (χ1n) is 9.92. The van der Waals surface area contributed by atoms with Crippen molar-refractivity contribution in [1.82, 2.24) is 4.57 Å². The highest BCUT2D eigenvalue weighted by molar-refractivity contribution is 7.94. The van der Waals surface area contributed by atoms with E-state index >= 15 is 0 Å². The van der Waals surface area contributed by atoms with Gasteiger partial charge in [-0.2, -0.15) is 0 Å². The monoisotopic (exact) mass is 426 g/mol. The van der Waals surface area contributed by atoms with Gasteiger partial charge in [0.05, 0.1) is 10.2 Å². The molecule has 0 saturated carbocycles. The van der Waals surface area contributed by atoms with Gasteiger partial charge < -0.3 is 0 Å². The molecule has 0 saturated heterocycles. The first-order chi connectivity index (χ1) is 14.8. The van der Waals surface area contributed by atoms with Gasteiger partial charge in [0.1, 0.15) is 23.2 Å². The van der Waals surface area contributed by atoms with Crippen LogP contribution < -0.4 is 20.8 Å². The van der Waals surface area contributed by atoms with Crippen LogP contribution >= 0.6 is 18.6 Å². The van der Waals surface area contributed by atoms with Crippen molar-refractivity contribution in [3.63, 3.8) is 0 Å². The molecule has 5 aromatic rings. The Hall–Kier alpha value is -3.00. The van der Waals surface area contributed by atoms with Crippen molar-refractivity contribution in [2.45, 2.75) is 6.29 Å². The molecule has 0 aliphatic heterocycles. The second kappa shape index (κ2) is 8.02. The molecule has 0 spiro atoms. The van der Waals surface area contributed by atoms with Gasteiger partial charge in [0.15, 0.2) is 6.29 Å². The fourth-order valence-electron chi connectivity index (χ4n) is 4.10. The van der Waals surface area contributed by atoms with Crippen LogP contribution in [-0.2, 0) is 6.29 Å². The Morgan fingerprint density at radius 3 is 1.53 bits per heavy atom. The van der Waals surface area contributed by atoms with Gasteiger partial charge in [-0.05, 0) is 48.5 Å². The maximum absolute atomic E-state index is 13.1. The predicted molar refractivity (Wildman–Crippen MR) is 131 cm³/mol. The zero-order chi connectivity index (χ0) is 20.4. The summed E-state index contributed by atoms with van der Waals surface area (Å²) in [6.07, 6.45) is 0.647. The molecule has 1 heterocycles. The van der Waals surface area contributed by atoms with Crippen molar-refractivity contribution in [1.29, 1.82) is 0 Å². The van der Waals surface area contributed by atoms with Crippen molar-refractivity contribution >= 4 is 44.7 Å². The van der Waals surface area contributed by atoms with Crippen LogP contribution in [0.3, 0.4) is 0 Å². The number of hydrogen-bond donors (Lipinski definition) is 0. The summed E-state index contributed by atoms with van der Waals surface area (Å²) in [5.74, 6) is 0. The zero-order valence-electron chi connectivity index (χ0n) is 16.4. The summed E-state index contributed by atoms with van der Waals surface area (Å²) in [5, 5.41) is 3.85. The maximum Gasteiger partial charge on any atom is 0.311 e. The largest absolute Gasteiger partial charge is 0.311 e. The third-order valence-corrected chi connectivity index (χ3v) is 10.7. The SMILES string of the molecule is O=c1sc2ccccc2n1C[P+](c1ccccc1)(c1ccccc1)c1ccccc1. The van der Waals surface area contributed by atoms with Crippen LogP contribution in [0, 0.1) is 0 Å². The Morgan fingerprint density at radius 2 is 1.03 bits per heavy atom. The van der Waals surface area contributed by atoms with Gasteiger partial charge in [0.2, 0.25) is 0 Å². The summed E-state index contributed by atoms with van der Waals surface area (Å²) in [7, 11) is -2.10. The molecule has 4 aromatic carbocycles. The second-order valence-electron chi connectivity index (χ2n) is 7.22. The summed E-state index contributed by atoms with van der Waals surface area (Å²) in [6.45, 7) is 0. The van der Waals surface area contributed by atoms with Crippen LogP contribution in [0.25, 0.3) is 10.2 Å². The van der Waals surface area contributed by atoms with Crippen molar-refractivity contribution in [2.24, 2.45) is 0 Å². The smallest absolute Gasteiger partial charge is 0.264 e. The number of nitrogens with zero attached hydrogens (tertiary/aromatic N) is 1. The Morgan fingerprint density at radius 1 is 0.600 bits per heavy atom. The van der Waals surface area contributed by atoms with Crippen LogP contribution in [0.4, 0.5) is 0 Å². The molecule has 0 N–H and O–H groups in total. The number of para-hydroxylation sites is 1. The Labute approximate surface area is 180 Å². The molecule has 0 aliphatic rings. The lowest BCUT2D eigenvalue weighted by atomic mass is 10.3. The van der Waals surface area contributed by atoms with E-state index in [1.54, 1.807) is 0 Å². The molecular formula is C26H21NOPS+. The number of benzene rings is 4. The third-order valence-electron chi connectivity index (χ3n) is 5.52. The van der Waals surface area contributed by atoms with E-state index in [4.69, 9.17) is 0 Å². The number of rotatable bonds is 5. The molecule has 0 fully saturated rings. The molecule has 0 aliphatic carbocycles. The average molecular weight is 427 g/mol. The van der Waals surface area contributed by atoms with Gasteiger partial charge in [-0.3, -0.25) is 9.36 Å². The predicted octanol–water partition coefficient (Wildman–Crippen LogP) is 5.01. The molecule has 0 unspecified atom stereocenters. The Balaban J connectivity index is 1.84. The molecule has 146 valence electrons. The Kier molecular flexibility index (Phi) is 5.08. The van der Waals surface area contributed by atoms with Crippen LogP contribution in [-0.4, -0.2) is 4.57 Å². The van der Waals surface area contributed by atoms with E-state index in [9.17, 15) is 4.79 Å². The van der Waals surface area contributed by atoms with E-state index < -0.39 is 7.26 Å². The highest BCUT2D eigenvalue weighted by atomic mass is 32.1. The Bertz CT molecular complexity index is 1230. The van der Waals surface area contributed by atoms with Crippen LogP contribution in [0.1, 0.15) is 0 Å². The number of hydrogen-bond acceptors (Lipinski definition) is 2. The minimum absolute atomic E-state index is 0.100. The number of fused-ring (bicyclic) bond motifs is 1. The highest BCUT2D eigenvalue weighted by Gasteiger charge is 2.46. The van der Waals surface area contributed by atoms with E-state index in [0.717, 1.165) is 10.2 Å². The van der Waals surface area contributed by atoms with Crippen LogP contribution in [0.2, 0.25) is 0 Å². The maximum atomic E-state index is 13.1. The average Bonchev–Trinajstić information content (AvgIpc) is 3.14. The number of thiazole rings is 1. The van der Waals surface area contributed by atoms with E-state index in [1.807, 2.05) is 22.8 Å². The van der Waals surface area contributed by atoms with Crippen molar-refractivity contribution in [3.8, 4) is 0 Å². The third kappa shape index (κ3) is 3.21. The van der Waals surface area contributed by atoms with Crippen LogP contribution in [0.15, 0.2) is 120 Å². The van der Waals surface area contributed by atoms with Gasteiger partial charge in [0.25, 0.3) is 0 Å². The second-order valence-corrected chi connectivity index (χ2v) is 11.7. The molecule has 4 heteroatoms. The topological polar surface area (TPSA) is 22.0 Å². The first-order valence-corrected chi connectivity index (χ1v) is 12.7. The molecule has 0 radical (unpaired) electrons. The summed E-state index contributed by atoms with van der Waals surface area (Å²) >= 11 is 1.33. The lowest BCUT2D eigenvalue weighted by molar-refractivity contribution is 0.903. The molecule has 0 atom stereocenters. The molecular weight excluding hydrogens is 405 g/mol. The lowest BCUT2D eigenvalue weighted by Gasteiger charge is -2.27. The minimum Gasteiger partial charge on any atom is -0.264 e. The normalized spacial score (nSPS) is 11.6. The van der Waals surface area contributed by atoms with Gasteiger partial charge in [-0.1, -0.05) is 78.1 Å². The van der Waals surface area contributed by atoms with E-state index in [-0.39, 0.29) is 4.87 Å². The standard InChI is InChI=1S/C26H21NOPS/c28-26-27(24-18-10-11-19-25(24)30-26)20-29(21-12-4-1-5-13-21,22-14-6-2-7-15-22)23-16-8-3-9-17-23/h1-19H,20H2/q+1. The summed E-state index contributed by atoms with van der Waals surface area (Å²) < 4.78 is 3.02. The summed E-state index contributed by atoms with van der Waals surface area (Å²) in [5.41, 5.74) is 1.01. The van der Waals surface area contributed by atoms with Crippen molar-refractivity contribution < 1.29 is 0 Å². The zero-order valence-corrected chi connectivity index (χ0v) is 18.1. The van der Waals surface area contributed by atoms with Gasteiger partial charge >= 0.3 is 4.87 Å². The number of aromatic nitrogens is 1. The molecule has 1 aromatic heterocycles. The summed E-state index contributed by atoms with van der Waals surface area (Å²) in [4.78, 5) is 13.2. The molecule has 0 amide bonds. The lowest BCUT2D eigenvalue weighted by Crippen LogP contribution is -2.35. The van der Waals surface area contributed by atoms with Crippen LogP contribution in [0.5, 0.6) is 0 Å². The van der Waals surface area contributed by atoms with Crippen molar-refractivity contribution in [2.75, 3.05) is 0 Å². The quantitative estimate of drug-likeness (QED) is 0.362. The molecule has 30 heavy (non-hydrogen) atoms. The molecule has 0 bridgehead atoms. The minimum atomic E-state index is -2.10. The fraction of sp³-hybridized carbons (Fsp3) is 0.0385. The van der Waals surface area contributed by atoms with Gasteiger partial charge in [-0.25, -0.2) is 0 Å². The van der Waals surface area contributed by atoms with E-state index in [1.165, 1.54) is 27.3 Å². The van der Waals surface area contributed by atoms with E-state index in [2.05, 4.69) is 97.1 Å². The van der Waals surface area contributed by atoms with E-state index in [0.29, 0.717) is 6.29 Å². The summed E-state index contributed by atoms with van der Waals surface area (Å²) in [6, 6.07) is 40.2. The highest BCUT2D eigenvalue weighted by Crippen LogP contribution is 2.57. The van der Waals surface area contributed by atoms with Crippen molar-refractivity contribution in [3.05, 3.63) is 125 Å². The molecule has 2 nitrogen and oxygen atoms in total. The van der Waals surface area contributed by atoms with Gasteiger partial charge in [-0.15, -0.1) is 0 Å².